The third kappa shape index (κ3) is 2.84. The van der Waals surface area contributed by atoms with Crippen molar-refractivity contribution >= 4 is 5.97 Å². The summed E-state index contributed by atoms with van der Waals surface area (Å²) in [7, 11) is 0. The number of carboxylic acids is 1. The molecule has 2 rings (SSSR count). The highest BCUT2D eigenvalue weighted by Gasteiger charge is 2.43. The highest BCUT2D eigenvalue weighted by atomic mass is 16.5. The van der Waals surface area contributed by atoms with E-state index in [1.54, 1.807) is 0 Å². The molecular weight excluding hydrogens is 234 g/mol. The lowest BCUT2D eigenvalue weighted by atomic mass is 9.79. The van der Waals surface area contributed by atoms with Gasteiger partial charge in [0.1, 0.15) is 0 Å². The van der Waals surface area contributed by atoms with Crippen molar-refractivity contribution < 1.29 is 19.4 Å². The lowest BCUT2D eigenvalue weighted by molar-refractivity contribution is -0.159. The van der Waals surface area contributed by atoms with Gasteiger partial charge < -0.3 is 14.6 Å². The Morgan fingerprint density at radius 1 is 1.39 bits per heavy atom. The molecule has 1 N–H and O–H groups in total. The van der Waals surface area contributed by atoms with E-state index in [9.17, 15) is 9.90 Å². The van der Waals surface area contributed by atoms with Crippen molar-refractivity contribution in [2.24, 2.45) is 5.41 Å². The molecule has 0 saturated carbocycles. The number of carbonyl (C=O) groups is 1. The number of ether oxygens (including phenoxy) is 2. The van der Waals surface area contributed by atoms with Crippen LogP contribution in [0.1, 0.15) is 26.7 Å². The van der Waals surface area contributed by atoms with Gasteiger partial charge >= 0.3 is 5.97 Å². The van der Waals surface area contributed by atoms with Crippen molar-refractivity contribution in [3.05, 3.63) is 0 Å². The van der Waals surface area contributed by atoms with Crippen LogP contribution in [0, 0.1) is 5.41 Å². The van der Waals surface area contributed by atoms with Gasteiger partial charge in [-0.2, -0.15) is 0 Å². The Labute approximate surface area is 108 Å². The number of hydrogen-bond donors (Lipinski definition) is 1. The van der Waals surface area contributed by atoms with Gasteiger partial charge in [0.2, 0.25) is 0 Å². The Morgan fingerprint density at radius 2 is 2.06 bits per heavy atom. The first-order valence-electron chi connectivity index (χ1n) is 6.70. The monoisotopic (exact) mass is 257 g/mol. The van der Waals surface area contributed by atoms with E-state index in [4.69, 9.17) is 9.47 Å². The summed E-state index contributed by atoms with van der Waals surface area (Å²) in [5.74, 6) is -0.683. The molecule has 0 aromatic carbocycles. The van der Waals surface area contributed by atoms with Gasteiger partial charge in [-0.05, 0) is 26.7 Å². The van der Waals surface area contributed by atoms with E-state index in [0.717, 1.165) is 6.54 Å². The van der Waals surface area contributed by atoms with E-state index in [-0.39, 0.29) is 6.10 Å². The number of carboxylic acid groups (broad SMARTS) is 1. The normalized spacial score (nSPS) is 33.2. The number of aliphatic carboxylic acids is 1. The first kappa shape index (κ1) is 13.8. The van der Waals surface area contributed by atoms with Crippen LogP contribution < -0.4 is 0 Å². The molecule has 0 amide bonds. The molecule has 5 nitrogen and oxygen atoms in total. The van der Waals surface area contributed by atoms with Gasteiger partial charge in [0.05, 0.1) is 18.1 Å². The fourth-order valence-corrected chi connectivity index (χ4v) is 2.78. The van der Waals surface area contributed by atoms with E-state index >= 15 is 0 Å². The van der Waals surface area contributed by atoms with Gasteiger partial charge in [0.25, 0.3) is 0 Å². The SMILES string of the molecule is CC1CN(CC2(C(=O)O)CCOCC2)C(C)CO1. The Kier molecular flexibility index (Phi) is 4.25. The van der Waals surface area contributed by atoms with E-state index in [2.05, 4.69) is 11.8 Å². The molecule has 2 heterocycles. The van der Waals surface area contributed by atoms with Crippen molar-refractivity contribution in [2.45, 2.75) is 38.8 Å². The maximum absolute atomic E-state index is 11.6. The van der Waals surface area contributed by atoms with Gasteiger partial charge in [0.15, 0.2) is 0 Å². The number of rotatable bonds is 3. The predicted octanol–water partition coefficient (Wildman–Crippen LogP) is 0.977. The Balaban J connectivity index is 2.05. The summed E-state index contributed by atoms with van der Waals surface area (Å²) in [5, 5.41) is 9.56. The minimum absolute atomic E-state index is 0.187. The molecule has 2 aliphatic rings. The molecule has 2 unspecified atom stereocenters. The zero-order chi connectivity index (χ0) is 13.2. The second-order valence-electron chi connectivity index (χ2n) is 5.62. The van der Waals surface area contributed by atoms with Crippen molar-refractivity contribution in [1.29, 1.82) is 0 Å². The van der Waals surface area contributed by atoms with Crippen LogP contribution in [0.15, 0.2) is 0 Å². The van der Waals surface area contributed by atoms with E-state index < -0.39 is 11.4 Å². The van der Waals surface area contributed by atoms with Crippen LogP contribution in [-0.4, -0.2) is 61.0 Å². The molecule has 0 aromatic rings. The second-order valence-corrected chi connectivity index (χ2v) is 5.62. The van der Waals surface area contributed by atoms with Crippen LogP contribution in [0.25, 0.3) is 0 Å². The molecule has 2 fully saturated rings. The molecule has 18 heavy (non-hydrogen) atoms. The molecule has 5 heteroatoms. The average Bonchev–Trinajstić information content (AvgIpc) is 2.35. The van der Waals surface area contributed by atoms with E-state index in [0.29, 0.717) is 45.2 Å². The molecule has 0 radical (unpaired) electrons. The summed E-state index contributed by atoms with van der Waals surface area (Å²) in [6.07, 6.45) is 1.41. The van der Waals surface area contributed by atoms with Gasteiger partial charge in [-0.15, -0.1) is 0 Å². The third-order valence-electron chi connectivity index (χ3n) is 4.15. The Bertz CT molecular complexity index is 301. The molecule has 2 saturated heterocycles. The molecule has 2 atom stereocenters. The maximum Gasteiger partial charge on any atom is 0.311 e. The fourth-order valence-electron chi connectivity index (χ4n) is 2.78. The molecule has 0 spiro atoms. The summed E-state index contributed by atoms with van der Waals surface area (Å²) >= 11 is 0. The van der Waals surface area contributed by atoms with Crippen LogP contribution in [0.2, 0.25) is 0 Å². The third-order valence-corrected chi connectivity index (χ3v) is 4.15. The summed E-state index contributed by atoms with van der Waals surface area (Å²) < 4.78 is 10.9. The van der Waals surface area contributed by atoms with Crippen LogP contribution >= 0.6 is 0 Å². The molecule has 0 aromatic heterocycles. The van der Waals surface area contributed by atoms with Crippen molar-refractivity contribution in [1.82, 2.24) is 4.90 Å². The lowest BCUT2D eigenvalue weighted by Crippen LogP contribution is -2.54. The highest BCUT2D eigenvalue weighted by Crippen LogP contribution is 2.33. The first-order chi connectivity index (χ1) is 8.53. The van der Waals surface area contributed by atoms with Gasteiger partial charge in [-0.1, -0.05) is 0 Å². The highest BCUT2D eigenvalue weighted by molar-refractivity contribution is 5.75. The number of hydrogen-bond acceptors (Lipinski definition) is 4. The maximum atomic E-state index is 11.6. The minimum Gasteiger partial charge on any atom is -0.481 e. The standard InChI is InChI=1S/C13H23NO4/c1-10-8-18-11(2)7-14(10)9-13(12(15)16)3-5-17-6-4-13/h10-11H,3-9H2,1-2H3,(H,15,16). The Hall–Kier alpha value is -0.650. The zero-order valence-electron chi connectivity index (χ0n) is 11.2. The van der Waals surface area contributed by atoms with Crippen LogP contribution in [0.4, 0.5) is 0 Å². The van der Waals surface area contributed by atoms with Crippen molar-refractivity contribution in [3.8, 4) is 0 Å². The van der Waals surface area contributed by atoms with Gasteiger partial charge in [-0.3, -0.25) is 9.69 Å². The molecular formula is C13H23NO4. The summed E-state index contributed by atoms with van der Waals surface area (Å²) in [4.78, 5) is 13.9. The van der Waals surface area contributed by atoms with Gasteiger partial charge in [0, 0.05) is 32.3 Å². The summed E-state index contributed by atoms with van der Waals surface area (Å²) in [6, 6.07) is 0.292. The summed E-state index contributed by atoms with van der Waals surface area (Å²) in [6.45, 7) is 7.36. The zero-order valence-corrected chi connectivity index (χ0v) is 11.2. The first-order valence-corrected chi connectivity index (χ1v) is 6.70. The largest absolute Gasteiger partial charge is 0.481 e. The second kappa shape index (κ2) is 5.55. The molecule has 0 bridgehead atoms. The van der Waals surface area contributed by atoms with Crippen LogP contribution in [0.3, 0.4) is 0 Å². The van der Waals surface area contributed by atoms with Crippen LogP contribution in [0.5, 0.6) is 0 Å². The quantitative estimate of drug-likeness (QED) is 0.816. The predicted molar refractivity (Wildman–Crippen MR) is 66.6 cm³/mol. The minimum atomic E-state index is -0.683. The molecule has 0 aliphatic carbocycles. The number of nitrogens with zero attached hydrogens (tertiary/aromatic N) is 1. The average molecular weight is 257 g/mol. The van der Waals surface area contributed by atoms with Crippen molar-refractivity contribution in [3.63, 3.8) is 0 Å². The summed E-state index contributed by atoms with van der Waals surface area (Å²) in [5.41, 5.74) is -0.635. The van der Waals surface area contributed by atoms with Gasteiger partial charge in [-0.25, -0.2) is 0 Å². The van der Waals surface area contributed by atoms with Crippen molar-refractivity contribution in [2.75, 3.05) is 32.9 Å². The molecule has 104 valence electrons. The topological polar surface area (TPSA) is 59.0 Å². The van der Waals surface area contributed by atoms with E-state index in [1.165, 1.54) is 0 Å². The molecule has 2 aliphatic heterocycles. The smallest absolute Gasteiger partial charge is 0.311 e. The van der Waals surface area contributed by atoms with Crippen LogP contribution in [-0.2, 0) is 14.3 Å². The lowest BCUT2D eigenvalue weighted by Gasteiger charge is -2.43. The fraction of sp³-hybridized carbons (Fsp3) is 0.923. The Morgan fingerprint density at radius 3 is 2.67 bits per heavy atom. The number of morpholine rings is 1. The van der Waals surface area contributed by atoms with E-state index in [1.807, 2.05) is 6.92 Å².